The molecule has 5 heteroatoms. The van der Waals surface area contributed by atoms with Gasteiger partial charge in [0.25, 0.3) is 0 Å². The van der Waals surface area contributed by atoms with Gasteiger partial charge < -0.3 is 9.51 Å². The van der Waals surface area contributed by atoms with Crippen LogP contribution >= 0.6 is 15.9 Å². The van der Waals surface area contributed by atoms with E-state index in [1.807, 2.05) is 19.2 Å². The van der Waals surface area contributed by atoms with Crippen molar-refractivity contribution in [2.24, 2.45) is 0 Å². The number of rotatable bonds is 2. The van der Waals surface area contributed by atoms with Gasteiger partial charge in [-0.15, -0.1) is 0 Å². The molecule has 0 amide bonds. The van der Waals surface area contributed by atoms with Crippen molar-refractivity contribution in [2.45, 2.75) is 13.3 Å². The Morgan fingerprint density at radius 2 is 2.40 bits per heavy atom. The van der Waals surface area contributed by atoms with Crippen LogP contribution in [0.5, 0.6) is 0 Å². The zero-order chi connectivity index (χ0) is 11.0. The van der Waals surface area contributed by atoms with Gasteiger partial charge in [0, 0.05) is 10.7 Å². The number of carbonyl (C=O) groups is 1. The lowest BCUT2D eigenvalue weighted by Gasteiger charge is -1.98. The van der Waals surface area contributed by atoms with E-state index in [9.17, 15) is 4.79 Å². The number of aromatic carboxylic acids is 1. The minimum Gasteiger partial charge on any atom is -0.476 e. The summed E-state index contributed by atoms with van der Waals surface area (Å²) in [5.74, 6) is -0.980. The maximum Gasteiger partial charge on any atom is 0.356 e. The summed E-state index contributed by atoms with van der Waals surface area (Å²) in [7, 11) is 0. The summed E-state index contributed by atoms with van der Waals surface area (Å²) in [5, 5.41) is 8.98. The van der Waals surface area contributed by atoms with E-state index < -0.39 is 5.97 Å². The molecule has 1 N–H and O–H groups in total. The summed E-state index contributed by atoms with van der Waals surface area (Å²) in [6, 6.07) is 3.66. The van der Waals surface area contributed by atoms with E-state index in [1.54, 1.807) is 10.5 Å². The van der Waals surface area contributed by atoms with E-state index in [-0.39, 0.29) is 5.69 Å². The number of carboxylic acids is 1. The zero-order valence-corrected chi connectivity index (χ0v) is 9.65. The summed E-state index contributed by atoms with van der Waals surface area (Å²) in [4.78, 5) is 15.0. The van der Waals surface area contributed by atoms with Crippen LogP contribution in [0.1, 0.15) is 23.1 Å². The minimum atomic E-state index is -0.980. The Morgan fingerprint density at radius 3 is 3.00 bits per heavy atom. The average molecular weight is 269 g/mol. The van der Waals surface area contributed by atoms with Gasteiger partial charge in [0.1, 0.15) is 5.65 Å². The van der Waals surface area contributed by atoms with Crippen molar-refractivity contribution in [3.05, 3.63) is 34.2 Å². The molecule has 0 spiro atoms. The number of pyridine rings is 1. The fraction of sp³-hybridized carbons (Fsp3) is 0.200. The maximum absolute atomic E-state index is 10.9. The topological polar surface area (TPSA) is 54.6 Å². The van der Waals surface area contributed by atoms with Crippen LogP contribution in [-0.4, -0.2) is 20.5 Å². The first kappa shape index (κ1) is 10.2. The molecule has 0 aliphatic heterocycles. The molecule has 0 aromatic carbocycles. The van der Waals surface area contributed by atoms with Crippen molar-refractivity contribution in [1.29, 1.82) is 0 Å². The molecule has 0 atom stereocenters. The third-order valence-corrected chi connectivity index (χ3v) is 2.72. The van der Waals surface area contributed by atoms with E-state index in [0.29, 0.717) is 12.1 Å². The van der Waals surface area contributed by atoms with E-state index in [0.717, 1.165) is 10.2 Å². The number of hydrogen-bond acceptors (Lipinski definition) is 2. The van der Waals surface area contributed by atoms with Crippen LogP contribution in [0.25, 0.3) is 5.65 Å². The average Bonchev–Trinajstić information content (AvgIpc) is 2.55. The minimum absolute atomic E-state index is 0.135. The van der Waals surface area contributed by atoms with Crippen LogP contribution in [0, 0.1) is 0 Å². The molecule has 4 nitrogen and oxygen atoms in total. The van der Waals surface area contributed by atoms with Gasteiger partial charge in [-0.3, -0.25) is 0 Å². The second-order valence-electron chi connectivity index (χ2n) is 3.14. The van der Waals surface area contributed by atoms with Crippen molar-refractivity contribution in [2.75, 3.05) is 0 Å². The predicted octanol–water partition coefficient (Wildman–Crippen LogP) is 2.36. The number of halogens is 1. The van der Waals surface area contributed by atoms with Crippen LogP contribution in [-0.2, 0) is 6.42 Å². The highest BCUT2D eigenvalue weighted by Crippen LogP contribution is 2.17. The Labute approximate surface area is 94.7 Å². The fourth-order valence-corrected chi connectivity index (χ4v) is 1.90. The summed E-state index contributed by atoms with van der Waals surface area (Å²) < 4.78 is 2.69. The van der Waals surface area contributed by atoms with Crippen LogP contribution < -0.4 is 0 Å². The number of aromatic nitrogens is 2. The van der Waals surface area contributed by atoms with E-state index in [1.165, 1.54) is 0 Å². The summed E-state index contributed by atoms with van der Waals surface area (Å²) in [6.45, 7) is 1.91. The van der Waals surface area contributed by atoms with Crippen molar-refractivity contribution < 1.29 is 9.90 Å². The lowest BCUT2D eigenvalue weighted by Crippen LogP contribution is -2.02. The largest absolute Gasteiger partial charge is 0.476 e. The molecule has 2 aromatic rings. The molecule has 0 saturated carbocycles. The highest BCUT2D eigenvalue weighted by atomic mass is 79.9. The number of carboxylic acid groups (broad SMARTS) is 1. The van der Waals surface area contributed by atoms with Gasteiger partial charge in [0.05, 0.1) is 5.69 Å². The van der Waals surface area contributed by atoms with E-state index in [4.69, 9.17) is 5.11 Å². The molecular weight excluding hydrogens is 260 g/mol. The molecule has 2 aromatic heterocycles. The molecule has 0 unspecified atom stereocenters. The molecule has 0 aliphatic carbocycles. The predicted molar refractivity (Wildman–Crippen MR) is 59.2 cm³/mol. The molecule has 2 heterocycles. The first-order valence-corrected chi connectivity index (χ1v) is 5.32. The molecule has 0 saturated heterocycles. The van der Waals surface area contributed by atoms with Gasteiger partial charge >= 0.3 is 5.97 Å². The molecule has 0 aliphatic rings. The Bertz CT molecular complexity index is 533. The Balaban J connectivity index is 2.78. The number of aryl methyl sites for hydroxylation is 1. The van der Waals surface area contributed by atoms with Gasteiger partial charge in [-0.2, -0.15) is 0 Å². The first-order chi connectivity index (χ1) is 7.13. The second-order valence-corrected chi connectivity index (χ2v) is 4.05. The normalized spacial score (nSPS) is 10.8. The molecule has 15 heavy (non-hydrogen) atoms. The van der Waals surface area contributed by atoms with Crippen molar-refractivity contribution in [3.63, 3.8) is 0 Å². The number of hydrogen-bond donors (Lipinski definition) is 1. The molecule has 0 bridgehead atoms. The Hall–Kier alpha value is -1.36. The fourth-order valence-electron chi connectivity index (χ4n) is 1.58. The Kier molecular flexibility index (Phi) is 2.48. The van der Waals surface area contributed by atoms with Crippen LogP contribution in [0.4, 0.5) is 0 Å². The van der Waals surface area contributed by atoms with Crippen molar-refractivity contribution in [3.8, 4) is 0 Å². The second kappa shape index (κ2) is 3.66. The standard InChI is InChI=1S/C10H9BrN2O2/c1-2-7-9(10(14)15)12-8-5-6(11)3-4-13(7)8/h3-5H,2H2,1H3,(H,14,15). The third-order valence-electron chi connectivity index (χ3n) is 2.22. The highest BCUT2D eigenvalue weighted by molar-refractivity contribution is 9.10. The number of fused-ring (bicyclic) bond motifs is 1. The lowest BCUT2D eigenvalue weighted by atomic mass is 10.2. The summed E-state index contributed by atoms with van der Waals surface area (Å²) >= 11 is 3.32. The van der Waals surface area contributed by atoms with Crippen molar-refractivity contribution in [1.82, 2.24) is 9.38 Å². The SMILES string of the molecule is CCc1c(C(=O)O)nc2cc(Br)ccn12. The first-order valence-electron chi connectivity index (χ1n) is 4.53. The smallest absolute Gasteiger partial charge is 0.356 e. The summed E-state index contributed by atoms with van der Waals surface area (Å²) in [6.07, 6.45) is 2.46. The van der Waals surface area contributed by atoms with Gasteiger partial charge in [-0.1, -0.05) is 22.9 Å². The van der Waals surface area contributed by atoms with Gasteiger partial charge in [-0.25, -0.2) is 9.78 Å². The van der Waals surface area contributed by atoms with E-state index >= 15 is 0 Å². The van der Waals surface area contributed by atoms with Crippen LogP contribution in [0.2, 0.25) is 0 Å². The van der Waals surface area contributed by atoms with Gasteiger partial charge in [-0.05, 0) is 18.6 Å². The summed E-state index contributed by atoms with van der Waals surface area (Å²) in [5.41, 5.74) is 1.51. The highest BCUT2D eigenvalue weighted by Gasteiger charge is 2.16. The third kappa shape index (κ3) is 1.63. The van der Waals surface area contributed by atoms with Crippen molar-refractivity contribution >= 4 is 27.5 Å². The maximum atomic E-state index is 10.9. The quantitative estimate of drug-likeness (QED) is 0.910. The lowest BCUT2D eigenvalue weighted by molar-refractivity contribution is 0.0690. The number of imidazole rings is 1. The Morgan fingerprint density at radius 1 is 1.67 bits per heavy atom. The molecule has 0 radical (unpaired) electrons. The number of nitrogens with zero attached hydrogens (tertiary/aromatic N) is 2. The van der Waals surface area contributed by atoms with Crippen LogP contribution in [0.3, 0.4) is 0 Å². The van der Waals surface area contributed by atoms with E-state index in [2.05, 4.69) is 20.9 Å². The molecule has 0 fully saturated rings. The van der Waals surface area contributed by atoms with Crippen LogP contribution in [0.15, 0.2) is 22.8 Å². The molecule has 78 valence electrons. The van der Waals surface area contributed by atoms with Gasteiger partial charge in [0.2, 0.25) is 0 Å². The zero-order valence-electron chi connectivity index (χ0n) is 8.07. The molecular formula is C10H9BrN2O2. The van der Waals surface area contributed by atoms with Gasteiger partial charge in [0.15, 0.2) is 5.69 Å². The monoisotopic (exact) mass is 268 g/mol. The molecule has 2 rings (SSSR count).